The van der Waals surface area contributed by atoms with Crippen LogP contribution < -0.4 is 0 Å². The minimum atomic E-state index is -1.58. The molecule has 1 heterocycles. The standard InChI is InChI=1S/C19H26O10/c1-10(4-5-20)8-28-19-18(26)17(25)16(24)14(29-19)9-27-15(23)7-11-2-3-12(21)13(22)6-11/h2-4,6,14,16-22,24-26H,5,7-9H2,1H3/t14-,16-,17+,18-,19-/m1/s1. The average Bonchev–Trinajstić information content (AvgIpc) is 2.68. The van der Waals surface area contributed by atoms with Crippen molar-refractivity contribution in [3.8, 4) is 11.5 Å². The second kappa shape index (κ2) is 10.5. The lowest BCUT2D eigenvalue weighted by Crippen LogP contribution is -2.59. The van der Waals surface area contributed by atoms with Crippen LogP contribution in [0.1, 0.15) is 12.5 Å². The van der Waals surface area contributed by atoms with Crippen molar-refractivity contribution in [3.05, 3.63) is 35.4 Å². The van der Waals surface area contributed by atoms with Crippen LogP contribution in [0.25, 0.3) is 0 Å². The molecule has 0 saturated carbocycles. The van der Waals surface area contributed by atoms with Gasteiger partial charge in [0.2, 0.25) is 0 Å². The summed E-state index contributed by atoms with van der Waals surface area (Å²) in [5.74, 6) is -1.38. The minimum absolute atomic E-state index is 0.0158. The van der Waals surface area contributed by atoms with Gasteiger partial charge in [-0.25, -0.2) is 0 Å². The second-order valence-corrected chi connectivity index (χ2v) is 6.74. The van der Waals surface area contributed by atoms with Crippen LogP contribution in [0.15, 0.2) is 29.8 Å². The molecule has 1 aromatic rings. The zero-order valence-electron chi connectivity index (χ0n) is 15.8. The van der Waals surface area contributed by atoms with Gasteiger partial charge in [-0.3, -0.25) is 4.79 Å². The van der Waals surface area contributed by atoms with Gasteiger partial charge >= 0.3 is 5.97 Å². The number of esters is 1. The Morgan fingerprint density at radius 3 is 2.52 bits per heavy atom. The van der Waals surface area contributed by atoms with E-state index in [4.69, 9.17) is 19.3 Å². The summed E-state index contributed by atoms with van der Waals surface area (Å²) in [5, 5.41) is 57.7. The first kappa shape index (κ1) is 23.1. The molecular formula is C19H26O10. The SMILES string of the molecule is CC(=CCO)CO[C@@H]1O[C@H](COC(=O)Cc2ccc(O)c(O)c2)[C@@H](O)[C@H](O)[C@H]1O. The van der Waals surface area contributed by atoms with Gasteiger partial charge in [-0.1, -0.05) is 12.1 Å². The molecule has 10 nitrogen and oxygen atoms in total. The quantitative estimate of drug-likeness (QED) is 0.175. The largest absolute Gasteiger partial charge is 0.504 e. The number of aliphatic hydroxyl groups excluding tert-OH is 4. The van der Waals surface area contributed by atoms with Gasteiger partial charge in [0.05, 0.1) is 19.6 Å². The van der Waals surface area contributed by atoms with Crippen LogP contribution in [0.2, 0.25) is 0 Å². The summed E-state index contributed by atoms with van der Waals surface area (Å²) in [6.45, 7) is 1.13. The van der Waals surface area contributed by atoms with E-state index in [2.05, 4.69) is 0 Å². The molecule has 162 valence electrons. The Morgan fingerprint density at radius 1 is 1.14 bits per heavy atom. The lowest BCUT2D eigenvalue weighted by molar-refractivity contribution is -0.299. The minimum Gasteiger partial charge on any atom is -0.504 e. The summed E-state index contributed by atoms with van der Waals surface area (Å²) in [4.78, 5) is 12.0. The molecule has 5 atom stereocenters. The Bertz CT molecular complexity index is 719. The number of phenols is 2. The van der Waals surface area contributed by atoms with Crippen molar-refractivity contribution in [1.82, 2.24) is 0 Å². The van der Waals surface area contributed by atoms with Crippen LogP contribution >= 0.6 is 0 Å². The molecule has 0 unspecified atom stereocenters. The number of benzene rings is 1. The molecule has 0 radical (unpaired) electrons. The number of rotatable bonds is 8. The van der Waals surface area contributed by atoms with Crippen molar-refractivity contribution in [1.29, 1.82) is 0 Å². The molecule has 0 amide bonds. The van der Waals surface area contributed by atoms with Crippen molar-refractivity contribution in [2.24, 2.45) is 0 Å². The third-order valence-corrected chi connectivity index (χ3v) is 4.38. The highest BCUT2D eigenvalue weighted by Gasteiger charge is 2.44. The molecule has 0 aliphatic carbocycles. The van der Waals surface area contributed by atoms with Gasteiger partial charge in [-0.05, 0) is 30.2 Å². The smallest absolute Gasteiger partial charge is 0.310 e. The summed E-state index contributed by atoms with van der Waals surface area (Å²) in [5.41, 5.74) is 1.07. The maximum absolute atomic E-state index is 12.0. The van der Waals surface area contributed by atoms with Gasteiger partial charge in [0.25, 0.3) is 0 Å². The average molecular weight is 414 g/mol. The highest BCUT2D eigenvalue weighted by molar-refractivity contribution is 5.73. The first-order valence-corrected chi connectivity index (χ1v) is 8.97. The third kappa shape index (κ3) is 6.39. The Balaban J connectivity index is 1.91. The molecule has 2 rings (SSSR count). The van der Waals surface area contributed by atoms with Gasteiger partial charge in [0.15, 0.2) is 17.8 Å². The van der Waals surface area contributed by atoms with Crippen LogP contribution in [-0.4, -0.2) is 87.1 Å². The van der Waals surface area contributed by atoms with E-state index >= 15 is 0 Å². The van der Waals surface area contributed by atoms with Gasteiger partial charge in [-0.2, -0.15) is 0 Å². The Kier molecular flexibility index (Phi) is 8.38. The monoisotopic (exact) mass is 414 g/mol. The van der Waals surface area contributed by atoms with E-state index in [1.807, 2.05) is 0 Å². The van der Waals surface area contributed by atoms with Crippen molar-refractivity contribution < 1.29 is 49.6 Å². The van der Waals surface area contributed by atoms with Gasteiger partial charge in [-0.15, -0.1) is 0 Å². The highest BCUT2D eigenvalue weighted by atomic mass is 16.7. The van der Waals surface area contributed by atoms with Crippen LogP contribution in [0.5, 0.6) is 11.5 Å². The lowest BCUT2D eigenvalue weighted by atomic mass is 9.99. The number of aliphatic hydroxyl groups is 4. The number of hydrogen-bond donors (Lipinski definition) is 6. The van der Waals surface area contributed by atoms with Crippen molar-refractivity contribution in [2.45, 2.75) is 44.1 Å². The summed E-state index contributed by atoms with van der Waals surface area (Å²) in [6.07, 6.45) is -5.71. The second-order valence-electron chi connectivity index (χ2n) is 6.74. The number of hydrogen-bond acceptors (Lipinski definition) is 10. The van der Waals surface area contributed by atoms with Gasteiger partial charge in [0.1, 0.15) is 31.0 Å². The molecular weight excluding hydrogens is 388 g/mol. The Labute approximate surface area is 167 Å². The van der Waals surface area contributed by atoms with Gasteiger partial charge in [0, 0.05) is 0 Å². The molecule has 6 N–H and O–H groups in total. The molecule has 1 aliphatic rings. The third-order valence-electron chi connectivity index (χ3n) is 4.38. The molecule has 1 saturated heterocycles. The van der Waals surface area contributed by atoms with Crippen LogP contribution in [0, 0.1) is 0 Å². The van der Waals surface area contributed by atoms with E-state index in [1.165, 1.54) is 24.3 Å². The van der Waals surface area contributed by atoms with Crippen LogP contribution in [-0.2, 0) is 25.4 Å². The van der Waals surface area contributed by atoms with E-state index in [0.717, 1.165) is 0 Å². The first-order valence-electron chi connectivity index (χ1n) is 8.97. The maximum Gasteiger partial charge on any atom is 0.310 e. The fraction of sp³-hybridized carbons (Fsp3) is 0.526. The predicted octanol–water partition coefficient (Wildman–Crippen LogP) is -1.05. The van der Waals surface area contributed by atoms with Gasteiger partial charge < -0.3 is 44.8 Å². The van der Waals surface area contributed by atoms with Crippen LogP contribution in [0.4, 0.5) is 0 Å². The highest BCUT2D eigenvalue weighted by Crippen LogP contribution is 2.26. The van der Waals surface area contributed by atoms with Crippen molar-refractivity contribution in [3.63, 3.8) is 0 Å². The van der Waals surface area contributed by atoms with E-state index in [9.17, 15) is 30.3 Å². The number of aromatic hydroxyl groups is 2. The molecule has 1 aliphatic heterocycles. The van der Waals surface area contributed by atoms with E-state index in [-0.39, 0.29) is 31.1 Å². The van der Waals surface area contributed by atoms with E-state index < -0.39 is 43.3 Å². The molecule has 29 heavy (non-hydrogen) atoms. The number of carbonyl (C=O) groups excluding carboxylic acids is 1. The summed E-state index contributed by atoms with van der Waals surface area (Å²) in [7, 11) is 0. The molecule has 1 fully saturated rings. The summed E-state index contributed by atoms with van der Waals surface area (Å²) < 4.78 is 15.9. The predicted molar refractivity (Wildman–Crippen MR) is 97.9 cm³/mol. The lowest BCUT2D eigenvalue weighted by Gasteiger charge is -2.40. The van der Waals surface area contributed by atoms with Crippen LogP contribution in [0.3, 0.4) is 0 Å². The first-order chi connectivity index (χ1) is 13.7. The molecule has 0 aromatic heterocycles. The number of carbonyl (C=O) groups is 1. The molecule has 0 bridgehead atoms. The fourth-order valence-corrected chi connectivity index (χ4v) is 2.69. The van der Waals surface area contributed by atoms with E-state index in [0.29, 0.717) is 11.1 Å². The molecule has 0 spiro atoms. The summed E-state index contributed by atoms with van der Waals surface area (Å²) >= 11 is 0. The van der Waals surface area contributed by atoms with Crippen molar-refractivity contribution >= 4 is 5.97 Å². The zero-order valence-corrected chi connectivity index (χ0v) is 15.8. The molecule has 10 heteroatoms. The Morgan fingerprint density at radius 2 is 1.86 bits per heavy atom. The topological polar surface area (TPSA) is 166 Å². The summed E-state index contributed by atoms with van der Waals surface area (Å²) in [6, 6.07) is 3.89. The molecule has 1 aromatic carbocycles. The number of phenolic OH excluding ortho intramolecular Hbond substituents is 2. The maximum atomic E-state index is 12.0. The number of ether oxygens (including phenoxy) is 3. The van der Waals surface area contributed by atoms with E-state index in [1.54, 1.807) is 6.92 Å². The van der Waals surface area contributed by atoms with Crippen molar-refractivity contribution in [2.75, 3.05) is 19.8 Å². The zero-order chi connectivity index (χ0) is 21.6. The Hall–Kier alpha value is -2.21. The fourth-order valence-electron chi connectivity index (χ4n) is 2.69. The normalized spacial score (nSPS) is 27.6.